The van der Waals surface area contributed by atoms with Crippen LogP contribution in [0.5, 0.6) is 0 Å². The van der Waals surface area contributed by atoms with Gasteiger partial charge in [0.15, 0.2) is 0 Å². The van der Waals surface area contributed by atoms with E-state index in [4.69, 9.17) is 16.3 Å². The fourth-order valence-electron chi connectivity index (χ4n) is 1.51. The zero-order valence-electron chi connectivity index (χ0n) is 9.72. The Bertz CT molecular complexity index is 500. The third-order valence-corrected chi connectivity index (χ3v) is 2.56. The molecule has 0 amide bonds. The molecule has 1 atom stereocenters. The fourth-order valence-corrected chi connectivity index (χ4v) is 1.68. The van der Waals surface area contributed by atoms with Crippen molar-refractivity contribution in [3.8, 4) is 0 Å². The Hall–Kier alpha value is -1.40. The summed E-state index contributed by atoms with van der Waals surface area (Å²) < 4.78 is 6.65. The van der Waals surface area contributed by atoms with E-state index in [0.29, 0.717) is 17.5 Å². The maximum Gasteiger partial charge on any atom is 0.255 e. The molecule has 0 fully saturated rings. The van der Waals surface area contributed by atoms with Gasteiger partial charge in [0.25, 0.3) is 5.78 Å². The average Bonchev–Trinajstić information content (AvgIpc) is 2.74. The van der Waals surface area contributed by atoms with Crippen molar-refractivity contribution >= 4 is 23.2 Å². The van der Waals surface area contributed by atoms with E-state index >= 15 is 0 Å². The largest absolute Gasteiger partial charge is 0.385 e. The minimum Gasteiger partial charge on any atom is -0.385 e. The number of hydrogen-bond donors (Lipinski definition) is 1. The minimum absolute atomic E-state index is 0.251. The summed E-state index contributed by atoms with van der Waals surface area (Å²) in [7, 11) is 1.69. The lowest BCUT2D eigenvalue weighted by atomic mass is 10.2. The summed E-state index contributed by atoms with van der Waals surface area (Å²) >= 11 is 5.91. The smallest absolute Gasteiger partial charge is 0.255 e. The predicted molar refractivity (Wildman–Crippen MR) is 65.4 cm³/mol. The second-order valence-electron chi connectivity index (χ2n) is 3.76. The number of ether oxygens (including phenoxy) is 1. The van der Waals surface area contributed by atoms with Crippen LogP contribution in [0.3, 0.4) is 0 Å². The molecule has 1 N–H and O–H groups in total. The Balaban J connectivity index is 2.19. The van der Waals surface area contributed by atoms with E-state index in [-0.39, 0.29) is 6.04 Å². The Morgan fingerprint density at radius 2 is 2.41 bits per heavy atom. The first-order chi connectivity index (χ1) is 8.20. The van der Waals surface area contributed by atoms with Crippen LogP contribution in [0.4, 0.5) is 5.82 Å². The van der Waals surface area contributed by atoms with Crippen molar-refractivity contribution in [1.29, 1.82) is 0 Å². The molecule has 0 spiro atoms. The van der Waals surface area contributed by atoms with E-state index in [0.717, 1.165) is 12.2 Å². The first-order valence-corrected chi connectivity index (χ1v) is 5.70. The third kappa shape index (κ3) is 2.83. The van der Waals surface area contributed by atoms with Crippen LogP contribution in [-0.2, 0) is 4.74 Å². The molecule has 0 bridgehead atoms. The first kappa shape index (κ1) is 12.1. The number of halogens is 1. The second kappa shape index (κ2) is 5.29. The Morgan fingerprint density at radius 1 is 1.59 bits per heavy atom. The molecule has 92 valence electrons. The average molecular weight is 256 g/mol. The molecule has 0 aliphatic carbocycles. The van der Waals surface area contributed by atoms with E-state index in [9.17, 15) is 0 Å². The fraction of sp³-hybridized carbons (Fsp3) is 0.500. The van der Waals surface area contributed by atoms with Crippen LogP contribution in [0.25, 0.3) is 5.78 Å². The van der Waals surface area contributed by atoms with Gasteiger partial charge in [-0.25, -0.2) is 0 Å². The molecule has 0 saturated carbocycles. The van der Waals surface area contributed by atoms with Gasteiger partial charge in [-0.15, -0.1) is 0 Å². The Labute approximate surface area is 104 Å². The molecule has 0 saturated heterocycles. The number of rotatable bonds is 5. The summed E-state index contributed by atoms with van der Waals surface area (Å²) in [6.07, 6.45) is 2.34. The van der Waals surface area contributed by atoms with Gasteiger partial charge in [-0.1, -0.05) is 11.6 Å². The summed E-state index contributed by atoms with van der Waals surface area (Å²) in [5, 5.41) is 7.78. The zero-order valence-corrected chi connectivity index (χ0v) is 10.5. The third-order valence-electron chi connectivity index (χ3n) is 2.37. The zero-order chi connectivity index (χ0) is 12.3. The molecular weight excluding hydrogens is 242 g/mol. The molecule has 0 radical (unpaired) electrons. The normalized spacial score (nSPS) is 12.9. The maximum absolute atomic E-state index is 5.91. The van der Waals surface area contributed by atoms with Gasteiger partial charge in [0.2, 0.25) is 0 Å². The van der Waals surface area contributed by atoms with Gasteiger partial charge in [-0.3, -0.25) is 0 Å². The highest BCUT2D eigenvalue weighted by atomic mass is 35.5. The number of fused-ring (bicyclic) bond motifs is 1. The molecule has 0 aliphatic heterocycles. The highest BCUT2D eigenvalue weighted by Gasteiger charge is 2.09. The van der Waals surface area contributed by atoms with Crippen molar-refractivity contribution in [3.05, 3.63) is 17.5 Å². The van der Waals surface area contributed by atoms with E-state index in [1.165, 1.54) is 6.33 Å². The molecule has 7 heteroatoms. The van der Waals surface area contributed by atoms with Gasteiger partial charge in [0.1, 0.15) is 17.3 Å². The number of aromatic nitrogens is 4. The molecule has 1 unspecified atom stereocenters. The van der Waals surface area contributed by atoms with Crippen LogP contribution in [-0.4, -0.2) is 39.3 Å². The molecule has 2 aromatic heterocycles. The number of nitrogens with one attached hydrogen (secondary N) is 1. The first-order valence-electron chi connectivity index (χ1n) is 5.32. The highest BCUT2D eigenvalue weighted by Crippen LogP contribution is 2.15. The molecular formula is C10H14ClN5O. The highest BCUT2D eigenvalue weighted by molar-refractivity contribution is 6.29. The van der Waals surface area contributed by atoms with E-state index in [1.807, 2.05) is 0 Å². The number of anilines is 1. The minimum atomic E-state index is 0.251. The van der Waals surface area contributed by atoms with Crippen LogP contribution in [0, 0.1) is 0 Å². The van der Waals surface area contributed by atoms with Gasteiger partial charge in [-0.2, -0.15) is 19.6 Å². The molecule has 0 aliphatic rings. The Kier molecular flexibility index (Phi) is 3.75. The predicted octanol–water partition coefficient (Wildman–Crippen LogP) is 1.61. The van der Waals surface area contributed by atoms with Crippen molar-refractivity contribution in [1.82, 2.24) is 19.6 Å². The maximum atomic E-state index is 5.91. The molecule has 6 nitrogen and oxygen atoms in total. The van der Waals surface area contributed by atoms with E-state index in [2.05, 4.69) is 27.3 Å². The quantitative estimate of drug-likeness (QED) is 0.823. The van der Waals surface area contributed by atoms with Gasteiger partial charge in [-0.05, 0) is 13.3 Å². The second-order valence-corrected chi connectivity index (χ2v) is 4.15. The standard InChI is InChI=1S/C10H14ClN5O/c1-7(3-4-17-2)14-9-5-8(11)15-10-12-6-13-16(9)10/h5-7,14H,3-4H2,1-2H3. The van der Waals surface area contributed by atoms with Crippen molar-refractivity contribution in [2.45, 2.75) is 19.4 Å². The SMILES string of the molecule is COCCC(C)Nc1cc(Cl)nc2ncnn12. The van der Waals surface area contributed by atoms with Crippen LogP contribution in [0.2, 0.25) is 5.15 Å². The van der Waals surface area contributed by atoms with E-state index in [1.54, 1.807) is 17.7 Å². The number of nitrogens with zero attached hydrogens (tertiary/aromatic N) is 4. The summed E-state index contributed by atoms with van der Waals surface area (Å²) in [6.45, 7) is 2.77. The lowest BCUT2D eigenvalue weighted by Crippen LogP contribution is -2.19. The molecule has 0 aromatic carbocycles. The van der Waals surface area contributed by atoms with Crippen LogP contribution in [0.15, 0.2) is 12.4 Å². The Morgan fingerprint density at radius 3 is 3.18 bits per heavy atom. The summed E-state index contributed by atoms with van der Waals surface area (Å²) in [5.41, 5.74) is 0. The monoisotopic (exact) mass is 255 g/mol. The molecule has 2 aromatic rings. The number of methoxy groups -OCH3 is 1. The van der Waals surface area contributed by atoms with Crippen molar-refractivity contribution in [2.75, 3.05) is 19.0 Å². The van der Waals surface area contributed by atoms with Crippen LogP contribution < -0.4 is 5.32 Å². The molecule has 17 heavy (non-hydrogen) atoms. The molecule has 2 rings (SSSR count). The topological polar surface area (TPSA) is 64.3 Å². The van der Waals surface area contributed by atoms with Crippen molar-refractivity contribution in [3.63, 3.8) is 0 Å². The van der Waals surface area contributed by atoms with Gasteiger partial charge in [0, 0.05) is 25.8 Å². The summed E-state index contributed by atoms with van der Waals surface area (Å²) in [5.74, 6) is 1.26. The number of hydrogen-bond acceptors (Lipinski definition) is 5. The van der Waals surface area contributed by atoms with Gasteiger partial charge in [0.05, 0.1) is 0 Å². The lowest BCUT2D eigenvalue weighted by Gasteiger charge is -2.15. The lowest BCUT2D eigenvalue weighted by molar-refractivity contribution is 0.191. The molecule has 2 heterocycles. The van der Waals surface area contributed by atoms with Gasteiger partial charge >= 0.3 is 0 Å². The van der Waals surface area contributed by atoms with Crippen molar-refractivity contribution in [2.24, 2.45) is 0 Å². The van der Waals surface area contributed by atoms with Crippen molar-refractivity contribution < 1.29 is 4.74 Å². The van der Waals surface area contributed by atoms with Crippen LogP contribution in [0.1, 0.15) is 13.3 Å². The van der Waals surface area contributed by atoms with Crippen LogP contribution >= 0.6 is 11.6 Å². The summed E-state index contributed by atoms with van der Waals surface area (Å²) in [4.78, 5) is 8.06. The van der Waals surface area contributed by atoms with Gasteiger partial charge < -0.3 is 10.1 Å². The summed E-state index contributed by atoms with van der Waals surface area (Å²) in [6, 6.07) is 1.98. The van der Waals surface area contributed by atoms with E-state index < -0.39 is 0 Å².